The standard InChI is InChI=1S/C31H30N2O4/c1-31(2,23-7-13-27(34)21(15-23)17-29(36)19-3-9-25(32)10-4-19)24-8-14-28(35)22(16-24)18-30(37)20-5-11-26(33)12-6-20/h3-16,34-35H,17-18,32-33H2,1-2H3. The first-order valence-corrected chi connectivity index (χ1v) is 12.0. The van der Waals surface area contributed by atoms with Crippen molar-refractivity contribution in [1.82, 2.24) is 0 Å². The quantitative estimate of drug-likeness (QED) is 0.191. The minimum absolute atomic E-state index is 0.0383. The number of rotatable bonds is 8. The van der Waals surface area contributed by atoms with Gasteiger partial charge in [0.15, 0.2) is 11.6 Å². The van der Waals surface area contributed by atoms with Gasteiger partial charge in [-0.2, -0.15) is 0 Å². The summed E-state index contributed by atoms with van der Waals surface area (Å²) < 4.78 is 0. The van der Waals surface area contributed by atoms with Crippen molar-refractivity contribution in [3.8, 4) is 11.5 Å². The number of benzene rings is 4. The number of Topliss-reactive ketones (excluding diaryl/α,β-unsaturated/α-hetero) is 2. The molecule has 0 bridgehead atoms. The maximum absolute atomic E-state index is 12.8. The maximum atomic E-state index is 12.8. The number of nitrogen functional groups attached to an aromatic ring is 2. The Kier molecular flexibility index (Phi) is 7.02. The highest BCUT2D eigenvalue weighted by atomic mass is 16.3. The predicted molar refractivity (Wildman–Crippen MR) is 146 cm³/mol. The van der Waals surface area contributed by atoms with Gasteiger partial charge in [-0.3, -0.25) is 9.59 Å². The fourth-order valence-electron chi connectivity index (χ4n) is 4.29. The van der Waals surface area contributed by atoms with E-state index in [2.05, 4.69) is 0 Å². The minimum atomic E-state index is -0.542. The molecular formula is C31H30N2O4. The second-order valence-corrected chi connectivity index (χ2v) is 9.76. The zero-order valence-corrected chi connectivity index (χ0v) is 20.9. The summed E-state index contributed by atoms with van der Waals surface area (Å²) in [6.07, 6.45) is 0.0766. The number of phenols is 2. The van der Waals surface area contributed by atoms with Gasteiger partial charge in [-0.15, -0.1) is 0 Å². The van der Waals surface area contributed by atoms with E-state index in [1.54, 1.807) is 60.7 Å². The van der Waals surface area contributed by atoms with E-state index >= 15 is 0 Å². The van der Waals surface area contributed by atoms with Crippen LogP contribution in [0.2, 0.25) is 0 Å². The Morgan fingerprint density at radius 2 is 0.973 bits per heavy atom. The fraction of sp³-hybridized carbons (Fsp3) is 0.161. The molecule has 4 aromatic rings. The number of anilines is 2. The predicted octanol–water partition coefficient (Wildman–Crippen LogP) is 5.44. The summed E-state index contributed by atoms with van der Waals surface area (Å²) in [6.45, 7) is 4.03. The third kappa shape index (κ3) is 5.64. The van der Waals surface area contributed by atoms with Crippen LogP contribution >= 0.6 is 0 Å². The molecule has 0 saturated carbocycles. The van der Waals surface area contributed by atoms with Crippen LogP contribution in [0.3, 0.4) is 0 Å². The molecule has 0 aliphatic carbocycles. The molecule has 0 aliphatic heterocycles. The Bertz CT molecular complexity index is 1350. The number of nitrogens with two attached hydrogens (primary N) is 2. The topological polar surface area (TPSA) is 127 Å². The second-order valence-electron chi connectivity index (χ2n) is 9.76. The molecule has 0 saturated heterocycles. The molecule has 0 atom stereocenters. The molecule has 0 radical (unpaired) electrons. The molecule has 6 N–H and O–H groups in total. The highest BCUT2D eigenvalue weighted by Crippen LogP contribution is 2.36. The van der Waals surface area contributed by atoms with E-state index < -0.39 is 5.41 Å². The third-order valence-corrected chi connectivity index (χ3v) is 6.77. The van der Waals surface area contributed by atoms with Crippen molar-refractivity contribution in [3.05, 3.63) is 118 Å². The van der Waals surface area contributed by atoms with Gasteiger partial charge in [0.2, 0.25) is 0 Å². The fourth-order valence-corrected chi connectivity index (χ4v) is 4.29. The van der Waals surface area contributed by atoms with E-state index in [1.165, 1.54) is 0 Å². The number of phenolic OH excluding ortho intramolecular Hbond substituents is 2. The number of ketones is 2. The van der Waals surface area contributed by atoms with Crippen LogP contribution in [0.4, 0.5) is 11.4 Å². The average Bonchev–Trinajstić information content (AvgIpc) is 2.87. The number of carbonyl (C=O) groups excluding carboxylic acids is 2. The molecule has 0 unspecified atom stereocenters. The highest BCUT2D eigenvalue weighted by Gasteiger charge is 2.26. The largest absolute Gasteiger partial charge is 0.508 e. The van der Waals surface area contributed by atoms with Gasteiger partial charge >= 0.3 is 0 Å². The first-order chi connectivity index (χ1) is 17.5. The molecule has 0 heterocycles. The van der Waals surface area contributed by atoms with Gasteiger partial charge in [-0.25, -0.2) is 0 Å². The summed E-state index contributed by atoms with van der Waals surface area (Å²) in [4.78, 5) is 25.6. The molecule has 4 aromatic carbocycles. The Balaban J connectivity index is 1.60. The number of hydrogen-bond donors (Lipinski definition) is 4. The van der Waals surface area contributed by atoms with Crippen molar-refractivity contribution in [1.29, 1.82) is 0 Å². The molecule has 0 aliphatic rings. The zero-order chi connectivity index (χ0) is 26.7. The summed E-state index contributed by atoms with van der Waals surface area (Å²) in [6, 6.07) is 23.9. The Hall–Kier alpha value is -4.58. The van der Waals surface area contributed by atoms with Crippen molar-refractivity contribution in [2.24, 2.45) is 0 Å². The van der Waals surface area contributed by atoms with Gasteiger partial charge in [-0.1, -0.05) is 38.1 Å². The van der Waals surface area contributed by atoms with Gasteiger partial charge in [-0.05, 0) is 71.8 Å². The van der Waals surface area contributed by atoms with Crippen LogP contribution in [0.5, 0.6) is 11.5 Å². The van der Waals surface area contributed by atoms with Crippen molar-refractivity contribution in [2.75, 3.05) is 11.5 Å². The SMILES string of the molecule is CC(C)(c1ccc(O)c(CC(=O)c2ccc(N)cc2)c1)c1ccc(O)c(CC(=O)c2ccc(N)cc2)c1. The third-order valence-electron chi connectivity index (χ3n) is 6.77. The van der Waals surface area contributed by atoms with Crippen molar-refractivity contribution >= 4 is 22.9 Å². The van der Waals surface area contributed by atoms with E-state index in [-0.39, 0.29) is 35.9 Å². The normalized spacial score (nSPS) is 11.3. The molecular weight excluding hydrogens is 464 g/mol. The van der Waals surface area contributed by atoms with Crippen LogP contribution < -0.4 is 11.5 Å². The van der Waals surface area contributed by atoms with E-state index in [9.17, 15) is 19.8 Å². The summed E-state index contributed by atoms with van der Waals surface area (Å²) in [5.41, 5.74) is 15.9. The molecule has 0 aromatic heterocycles. The van der Waals surface area contributed by atoms with Crippen LogP contribution in [0, 0.1) is 0 Å². The van der Waals surface area contributed by atoms with Gasteiger partial charge in [0.25, 0.3) is 0 Å². The lowest BCUT2D eigenvalue weighted by molar-refractivity contribution is 0.0984. The van der Waals surface area contributed by atoms with Gasteiger partial charge in [0, 0.05) is 51.9 Å². The molecule has 37 heavy (non-hydrogen) atoms. The van der Waals surface area contributed by atoms with E-state index in [1.807, 2.05) is 38.1 Å². The Labute approximate surface area is 216 Å². The Morgan fingerprint density at radius 3 is 1.32 bits per heavy atom. The van der Waals surface area contributed by atoms with Gasteiger partial charge in [0.1, 0.15) is 11.5 Å². The highest BCUT2D eigenvalue weighted by molar-refractivity contribution is 5.98. The molecule has 0 fully saturated rings. The Morgan fingerprint density at radius 1 is 0.622 bits per heavy atom. The molecule has 0 amide bonds. The van der Waals surface area contributed by atoms with Crippen molar-refractivity contribution in [2.45, 2.75) is 32.1 Å². The lowest BCUT2D eigenvalue weighted by Gasteiger charge is -2.27. The minimum Gasteiger partial charge on any atom is -0.508 e. The van der Waals surface area contributed by atoms with E-state index in [0.717, 1.165) is 11.1 Å². The summed E-state index contributed by atoms with van der Waals surface area (Å²) in [5.74, 6) is -0.163. The lowest BCUT2D eigenvalue weighted by atomic mass is 9.76. The zero-order valence-electron chi connectivity index (χ0n) is 20.9. The summed E-state index contributed by atoms with van der Waals surface area (Å²) in [7, 11) is 0. The number of carbonyl (C=O) groups is 2. The van der Waals surface area contributed by atoms with Gasteiger partial charge < -0.3 is 21.7 Å². The number of hydrogen-bond acceptors (Lipinski definition) is 6. The first kappa shape index (κ1) is 25.5. The van der Waals surface area contributed by atoms with Crippen LogP contribution in [-0.4, -0.2) is 21.8 Å². The average molecular weight is 495 g/mol. The smallest absolute Gasteiger partial charge is 0.167 e. The monoisotopic (exact) mass is 494 g/mol. The molecule has 0 spiro atoms. The van der Waals surface area contributed by atoms with Gasteiger partial charge in [0.05, 0.1) is 0 Å². The molecule has 6 nitrogen and oxygen atoms in total. The molecule has 6 heteroatoms. The molecule has 188 valence electrons. The van der Waals surface area contributed by atoms with E-state index in [0.29, 0.717) is 33.6 Å². The van der Waals surface area contributed by atoms with Crippen molar-refractivity contribution in [3.63, 3.8) is 0 Å². The molecule has 4 rings (SSSR count). The van der Waals surface area contributed by atoms with Crippen molar-refractivity contribution < 1.29 is 19.8 Å². The first-order valence-electron chi connectivity index (χ1n) is 12.0. The summed E-state index contributed by atoms with van der Waals surface area (Å²) in [5, 5.41) is 20.9. The number of aromatic hydroxyl groups is 2. The summed E-state index contributed by atoms with van der Waals surface area (Å²) >= 11 is 0. The van der Waals surface area contributed by atoms with Crippen LogP contribution in [0.1, 0.15) is 56.8 Å². The van der Waals surface area contributed by atoms with E-state index in [4.69, 9.17) is 11.5 Å². The van der Waals surface area contributed by atoms with Crippen LogP contribution in [0.25, 0.3) is 0 Å². The maximum Gasteiger partial charge on any atom is 0.167 e. The lowest BCUT2D eigenvalue weighted by Crippen LogP contribution is -2.20. The van der Waals surface area contributed by atoms with Crippen LogP contribution in [0.15, 0.2) is 84.9 Å². The second kappa shape index (κ2) is 10.2. The van der Waals surface area contributed by atoms with Crippen LogP contribution in [-0.2, 0) is 18.3 Å².